The summed E-state index contributed by atoms with van der Waals surface area (Å²) in [7, 11) is -3.68. The highest BCUT2D eigenvalue weighted by molar-refractivity contribution is 7.91. The fourth-order valence-electron chi connectivity index (χ4n) is 2.77. The first kappa shape index (κ1) is 16.7. The standard InChI is InChI=1S/C16H19ClN2O2S2/c1-11-5-7-13(8-6-11)23(20,21)15-14(17)22-16(18-15)19-9-3-4-12(2)10-19/h5-8,12H,3-4,9-10H2,1-2H3. The van der Waals surface area contributed by atoms with Crippen LogP contribution in [-0.2, 0) is 9.84 Å². The molecule has 1 saturated heterocycles. The largest absolute Gasteiger partial charge is 0.348 e. The molecule has 1 aliphatic heterocycles. The van der Waals surface area contributed by atoms with E-state index in [4.69, 9.17) is 11.6 Å². The van der Waals surface area contributed by atoms with Crippen LogP contribution in [0.1, 0.15) is 25.3 Å². The van der Waals surface area contributed by atoms with Gasteiger partial charge < -0.3 is 4.90 Å². The summed E-state index contributed by atoms with van der Waals surface area (Å²) in [6.45, 7) is 5.92. The van der Waals surface area contributed by atoms with Crippen LogP contribution in [0.5, 0.6) is 0 Å². The van der Waals surface area contributed by atoms with Crippen LogP contribution in [0.25, 0.3) is 0 Å². The molecule has 124 valence electrons. The van der Waals surface area contributed by atoms with E-state index in [2.05, 4.69) is 16.8 Å². The van der Waals surface area contributed by atoms with Gasteiger partial charge in [0, 0.05) is 13.1 Å². The van der Waals surface area contributed by atoms with Gasteiger partial charge in [-0.25, -0.2) is 13.4 Å². The van der Waals surface area contributed by atoms with Gasteiger partial charge in [-0.05, 0) is 37.8 Å². The molecule has 1 fully saturated rings. The summed E-state index contributed by atoms with van der Waals surface area (Å²) in [5.74, 6) is 0.587. The van der Waals surface area contributed by atoms with Gasteiger partial charge in [-0.3, -0.25) is 0 Å². The number of benzene rings is 1. The molecular weight excluding hydrogens is 352 g/mol. The second kappa shape index (κ2) is 6.42. The van der Waals surface area contributed by atoms with E-state index in [0.717, 1.165) is 25.1 Å². The van der Waals surface area contributed by atoms with Crippen molar-refractivity contribution in [2.24, 2.45) is 5.92 Å². The number of aromatic nitrogens is 1. The number of thiazole rings is 1. The molecule has 7 heteroatoms. The third kappa shape index (κ3) is 3.39. The Morgan fingerprint density at radius 2 is 2.00 bits per heavy atom. The molecule has 0 saturated carbocycles. The summed E-state index contributed by atoms with van der Waals surface area (Å²) in [5.41, 5.74) is 1.01. The molecule has 3 rings (SSSR count). The summed E-state index contributed by atoms with van der Waals surface area (Å²) >= 11 is 7.47. The van der Waals surface area contributed by atoms with Crippen LogP contribution >= 0.6 is 22.9 Å². The summed E-state index contributed by atoms with van der Waals surface area (Å²) in [5, 5.41) is 0.675. The number of sulfone groups is 1. The van der Waals surface area contributed by atoms with Crippen LogP contribution in [0.15, 0.2) is 34.2 Å². The van der Waals surface area contributed by atoms with E-state index in [1.54, 1.807) is 24.3 Å². The zero-order chi connectivity index (χ0) is 16.6. The van der Waals surface area contributed by atoms with Gasteiger partial charge in [-0.2, -0.15) is 0 Å². The third-order valence-corrected chi connectivity index (χ3v) is 7.31. The monoisotopic (exact) mass is 370 g/mol. The predicted molar refractivity (Wildman–Crippen MR) is 94.4 cm³/mol. The molecule has 1 atom stereocenters. The number of halogens is 1. The van der Waals surface area contributed by atoms with Crippen LogP contribution in [0, 0.1) is 12.8 Å². The Hall–Kier alpha value is -1.11. The van der Waals surface area contributed by atoms with Gasteiger partial charge in [0.05, 0.1) is 4.90 Å². The first-order chi connectivity index (χ1) is 10.9. The van der Waals surface area contributed by atoms with Gasteiger partial charge in [-0.1, -0.05) is 47.6 Å². The van der Waals surface area contributed by atoms with E-state index in [9.17, 15) is 8.42 Å². The number of hydrogen-bond donors (Lipinski definition) is 0. The number of nitrogens with zero attached hydrogens (tertiary/aromatic N) is 2. The van der Waals surface area contributed by atoms with Gasteiger partial charge in [0.15, 0.2) is 10.2 Å². The van der Waals surface area contributed by atoms with Crippen molar-refractivity contribution in [1.82, 2.24) is 4.98 Å². The molecule has 2 heterocycles. The normalized spacial score (nSPS) is 19.1. The summed E-state index contributed by atoms with van der Waals surface area (Å²) in [6, 6.07) is 6.76. The lowest BCUT2D eigenvalue weighted by Crippen LogP contribution is -2.34. The highest BCUT2D eigenvalue weighted by Gasteiger charge is 2.28. The van der Waals surface area contributed by atoms with Crippen molar-refractivity contribution in [2.45, 2.75) is 36.6 Å². The van der Waals surface area contributed by atoms with Gasteiger partial charge in [0.25, 0.3) is 0 Å². The Morgan fingerprint density at radius 3 is 2.65 bits per heavy atom. The molecular formula is C16H19ClN2O2S2. The number of hydrogen-bond acceptors (Lipinski definition) is 5. The van der Waals surface area contributed by atoms with Crippen LogP contribution in [0.3, 0.4) is 0 Å². The molecule has 0 bridgehead atoms. The summed E-state index contributed by atoms with van der Waals surface area (Å²) < 4.78 is 25.8. The maximum atomic E-state index is 12.8. The smallest absolute Gasteiger partial charge is 0.226 e. The van der Waals surface area contributed by atoms with Crippen LogP contribution < -0.4 is 4.90 Å². The Balaban J connectivity index is 1.95. The molecule has 0 aliphatic carbocycles. The second-order valence-corrected chi connectivity index (χ2v) is 9.53. The van der Waals surface area contributed by atoms with E-state index < -0.39 is 9.84 Å². The molecule has 0 radical (unpaired) electrons. The predicted octanol–water partition coefficient (Wildman–Crippen LogP) is 4.17. The zero-order valence-electron chi connectivity index (χ0n) is 13.1. The summed E-state index contributed by atoms with van der Waals surface area (Å²) in [6.07, 6.45) is 2.29. The fourth-order valence-corrected chi connectivity index (χ4v) is 5.70. The highest BCUT2D eigenvalue weighted by atomic mass is 35.5. The van der Waals surface area contributed by atoms with Gasteiger partial charge >= 0.3 is 0 Å². The number of anilines is 1. The number of piperidine rings is 1. The molecule has 4 nitrogen and oxygen atoms in total. The Bertz CT molecular complexity index is 800. The third-order valence-electron chi connectivity index (χ3n) is 4.06. The number of rotatable bonds is 3. The highest BCUT2D eigenvalue weighted by Crippen LogP contribution is 2.37. The van der Waals surface area contributed by atoms with Crippen LogP contribution in [0.2, 0.25) is 4.34 Å². The zero-order valence-corrected chi connectivity index (χ0v) is 15.5. The average Bonchev–Trinajstić information content (AvgIpc) is 2.90. The maximum absolute atomic E-state index is 12.8. The first-order valence-corrected chi connectivity index (χ1v) is 10.3. The molecule has 1 aliphatic rings. The van der Waals surface area contributed by atoms with Gasteiger partial charge in [-0.15, -0.1) is 0 Å². The van der Waals surface area contributed by atoms with E-state index in [1.165, 1.54) is 17.8 Å². The van der Waals surface area contributed by atoms with Crippen molar-refractivity contribution in [3.05, 3.63) is 34.2 Å². The quantitative estimate of drug-likeness (QED) is 0.813. The van der Waals surface area contributed by atoms with E-state index in [1.807, 2.05) is 6.92 Å². The van der Waals surface area contributed by atoms with Crippen molar-refractivity contribution in [3.8, 4) is 0 Å². The van der Waals surface area contributed by atoms with E-state index in [0.29, 0.717) is 11.0 Å². The topological polar surface area (TPSA) is 50.3 Å². The van der Waals surface area contributed by atoms with Crippen molar-refractivity contribution < 1.29 is 8.42 Å². The average molecular weight is 371 g/mol. The molecule has 1 aromatic carbocycles. The fraction of sp³-hybridized carbons (Fsp3) is 0.438. The van der Waals surface area contributed by atoms with E-state index in [-0.39, 0.29) is 14.3 Å². The van der Waals surface area contributed by atoms with Crippen LogP contribution in [-0.4, -0.2) is 26.5 Å². The van der Waals surface area contributed by atoms with E-state index >= 15 is 0 Å². The maximum Gasteiger partial charge on any atom is 0.226 e. The van der Waals surface area contributed by atoms with Crippen molar-refractivity contribution in [2.75, 3.05) is 18.0 Å². The van der Waals surface area contributed by atoms with Gasteiger partial charge in [0.1, 0.15) is 4.34 Å². The van der Waals surface area contributed by atoms with Crippen molar-refractivity contribution in [3.63, 3.8) is 0 Å². The second-order valence-electron chi connectivity index (χ2n) is 6.09. The minimum absolute atomic E-state index is 0.0266. The Kier molecular flexibility index (Phi) is 4.67. The number of aryl methyl sites for hydroxylation is 1. The molecule has 23 heavy (non-hydrogen) atoms. The van der Waals surface area contributed by atoms with Crippen molar-refractivity contribution >= 4 is 37.9 Å². The molecule has 0 N–H and O–H groups in total. The Labute approximate surface area is 146 Å². The minimum Gasteiger partial charge on any atom is -0.348 e. The molecule has 2 aromatic rings. The first-order valence-electron chi connectivity index (χ1n) is 7.61. The van der Waals surface area contributed by atoms with Gasteiger partial charge in [0.2, 0.25) is 9.84 Å². The van der Waals surface area contributed by atoms with Crippen molar-refractivity contribution in [1.29, 1.82) is 0 Å². The lowest BCUT2D eigenvalue weighted by Gasteiger charge is -2.30. The van der Waals surface area contributed by atoms with Crippen LogP contribution in [0.4, 0.5) is 5.13 Å². The minimum atomic E-state index is -3.68. The molecule has 1 aromatic heterocycles. The molecule has 0 spiro atoms. The molecule has 0 amide bonds. The Morgan fingerprint density at radius 1 is 1.30 bits per heavy atom. The lowest BCUT2D eigenvalue weighted by atomic mass is 10.0. The lowest BCUT2D eigenvalue weighted by molar-refractivity contribution is 0.446. The summed E-state index contributed by atoms with van der Waals surface area (Å²) in [4.78, 5) is 6.73. The SMILES string of the molecule is Cc1ccc(S(=O)(=O)c2nc(N3CCCC(C)C3)sc2Cl)cc1. The molecule has 1 unspecified atom stereocenters.